The predicted molar refractivity (Wildman–Crippen MR) is 26.7 cm³/mol. The summed E-state index contributed by atoms with van der Waals surface area (Å²) in [5.41, 5.74) is -0.141. The Morgan fingerprint density at radius 3 is 2.38 bits per heavy atom. The van der Waals surface area contributed by atoms with Gasteiger partial charge in [0, 0.05) is 13.0 Å². The highest BCUT2D eigenvalue weighted by Gasteiger charge is 2.36. The molecule has 0 unspecified atom stereocenters. The van der Waals surface area contributed by atoms with Crippen LogP contribution in [-0.2, 0) is 0 Å². The fourth-order valence-corrected chi connectivity index (χ4v) is 0.651. The van der Waals surface area contributed by atoms with E-state index in [4.69, 9.17) is 0 Å². The minimum Gasteiger partial charge on any atom is -0.384 e. The van der Waals surface area contributed by atoms with E-state index in [0.29, 0.717) is 6.54 Å². The van der Waals surface area contributed by atoms with Gasteiger partial charge >= 0.3 is 0 Å². The number of nitrogens with one attached hydrogen (secondary N) is 1. The molecule has 0 aromatic carbocycles. The van der Waals surface area contributed by atoms with Crippen LogP contribution in [0.2, 0.25) is 0 Å². The Morgan fingerprint density at radius 2 is 2.25 bits per heavy atom. The molecule has 0 aromatic heterocycles. The maximum atomic E-state index is 12.2. The first kappa shape index (κ1) is 5.54. The summed E-state index contributed by atoms with van der Waals surface area (Å²) in [6.45, 7) is 3.50. The molecule has 0 aliphatic carbocycles. The van der Waals surface area contributed by atoms with Crippen molar-refractivity contribution in [3.63, 3.8) is 0 Å². The molecule has 0 atom stereocenters. The van der Waals surface area contributed by atoms with Gasteiger partial charge in [0.2, 0.25) is 0 Å². The van der Waals surface area contributed by atoms with E-state index in [1.165, 1.54) is 0 Å². The predicted octanol–water partition coefficient (Wildman–Crippen LogP) is 1.13. The number of hydrogen-bond acceptors (Lipinski definition) is 1. The van der Waals surface area contributed by atoms with Crippen LogP contribution in [0.4, 0.5) is 8.78 Å². The molecule has 8 heavy (non-hydrogen) atoms. The summed E-state index contributed by atoms with van der Waals surface area (Å²) in [7, 11) is 0. The van der Waals surface area contributed by atoms with Crippen molar-refractivity contribution < 1.29 is 8.78 Å². The average molecular weight is 119 g/mol. The first-order valence-corrected chi connectivity index (χ1v) is 2.44. The van der Waals surface area contributed by atoms with Gasteiger partial charge in [0.05, 0.1) is 5.70 Å². The molecule has 1 fully saturated rings. The van der Waals surface area contributed by atoms with Crippen LogP contribution in [0, 0.1) is 0 Å². The highest BCUT2D eigenvalue weighted by molar-refractivity contribution is 5.10. The van der Waals surface area contributed by atoms with Crippen molar-refractivity contribution >= 4 is 0 Å². The van der Waals surface area contributed by atoms with Crippen LogP contribution >= 0.6 is 0 Å². The van der Waals surface area contributed by atoms with Crippen LogP contribution in [0.3, 0.4) is 0 Å². The molecule has 1 aliphatic rings. The summed E-state index contributed by atoms with van der Waals surface area (Å²) >= 11 is 0. The van der Waals surface area contributed by atoms with E-state index < -0.39 is 5.92 Å². The SMILES string of the molecule is C=C1NCCC1(F)F. The van der Waals surface area contributed by atoms with Crippen molar-refractivity contribution in [2.45, 2.75) is 12.3 Å². The van der Waals surface area contributed by atoms with Gasteiger partial charge < -0.3 is 5.32 Å². The van der Waals surface area contributed by atoms with Crippen LogP contribution in [0.5, 0.6) is 0 Å². The molecule has 1 nitrogen and oxygen atoms in total. The molecular formula is C5H7F2N. The molecule has 1 heterocycles. The Balaban J connectivity index is 2.68. The normalized spacial score (nSPS) is 25.5. The molecule has 0 amide bonds. The van der Waals surface area contributed by atoms with Crippen molar-refractivity contribution in [3.05, 3.63) is 12.3 Å². The Morgan fingerprint density at radius 1 is 1.62 bits per heavy atom. The summed E-state index contributed by atoms with van der Waals surface area (Å²) in [6, 6.07) is 0. The third-order valence-corrected chi connectivity index (χ3v) is 1.22. The van der Waals surface area contributed by atoms with E-state index in [1.54, 1.807) is 0 Å². The molecular weight excluding hydrogens is 112 g/mol. The van der Waals surface area contributed by atoms with Gasteiger partial charge in [0.15, 0.2) is 0 Å². The van der Waals surface area contributed by atoms with Crippen molar-refractivity contribution in [1.82, 2.24) is 5.32 Å². The van der Waals surface area contributed by atoms with Gasteiger partial charge in [-0.1, -0.05) is 6.58 Å². The minimum atomic E-state index is -2.65. The van der Waals surface area contributed by atoms with E-state index in [0.717, 1.165) is 0 Å². The second-order valence-corrected chi connectivity index (χ2v) is 1.86. The van der Waals surface area contributed by atoms with Gasteiger partial charge in [-0.2, -0.15) is 8.78 Å². The molecule has 1 saturated heterocycles. The fraction of sp³-hybridized carbons (Fsp3) is 0.600. The lowest BCUT2D eigenvalue weighted by Gasteiger charge is -2.05. The molecule has 1 aliphatic heterocycles. The van der Waals surface area contributed by atoms with Gasteiger partial charge in [-0.25, -0.2) is 0 Å². The molecule has 0 radical (unpaired) electrons. The zero-order chi connectivity index (χ0) is 6.20. The molecule has 0 bridgehead atoms. The number of halogens is 2. The highest BCUT2D eigenvalue weighted by Crippen LogP contribution is 2.28. The minimum absolute atomic E-state index is 0.105. The van der Waals surface area contributed by atoms with Gasteiger partial charge in [-0.15, -0.1) is 0 Å². The molecule has 1 rings (SSSR count). The Bertz CT molecular complexity index is 120. The molecule has 3 heteroatoms. The molecule has 46 valence electrons. The van der Waals surface area contributed by atoms with Gasteiger partial charge in [-0.05, 0) is 0 Å². The van der Waals surface area contributed by atoms with Crippen molar-refractivity contribution in [1.29, 1.82) is 0 Å². The van der Waals surface area contributed by atoms with Crippen molar-refractivity contribution in [2.75, 3.05) is 6.54 Å². The monoisotopic (exact) mass is 119 g/mol. The molecule has 0 spiro atoms. The summed E-state index contributed by atoms with van der Waals surface area (Å²) in [5.74, 6) is -2.65. The lowest BCUT2D eigenvalue weighted by atomic mass is 10.3. The Kier molecular flexibility index (Phi) is 0.994. The van der Waals surface area contributed by atoms with Crippen LogP contribution in [-0.4, -0.2) is 12.5 Å². The van der Waals surface area contributed by atoms with Gasteiger partial charge in [0.25, 0.3) is 5.92 Å². The maximum Gasteiger partial charge on any atom is 0.288 e. The van der Waals surface area contributed by atoms with Crippen molar-refractivity contribution in [2.24, 2.45) is 0 Å². The maximum absolute atomic E-state index is 12.2. The topological polar surface area (TPSA) is 12.0 Å². The van der Waals surface area contributed by atoms with E-state index in [-0.39, 0.29) is 12.1 Å². The summed E-state index contributed by atoms with van der Waals surface area (Å²) < 4.78 is 24.4. The third kappa shape index (κ3) is 0.680. The second kappa shape index (κ2) is 1.44. The summed E-state index contributed by atoms with van der Waals surface area (Å²) in [6.07, 6.45) is -0.105. The fourth-order valence-electron chi connectivity index (χ4n) is 0.651. The third-order valence-electron chi connectivity index (χ3n) is 1.22. The number of alkyl halides is 2. The van der Waals surface area contributed by atoms with Crippen LogP contribution in [0.1, 0.15) is 6.42 Å². The van der Waals surface area contributed by atoms with E-state index in [2.05, 4.69) is 11.9 Å². The lowest BCUT2D eigenvalue weighted by Crippen LogP contribution is -2.15. The first-order chi connectivity index (χ1) is 3.63. The van der Waals surface area contributed by atoms with E-state index in [1.807, 2.05) is 0 Å². The smallest absolute Gasteiger partial charge is 0.288 e. The van der Waals surface area contributed by atoms with Gasteiger partial charge in [-0.3, -0.25) is 0 Å². The molecule has 0 aromatic rings. The van der Waals surface area contributed by atoms with Crippen LogP contribution in [0.25, 0.3) is 0 Å². The quantitative estimate of drug-likeness (QED) is 0.504. The molecule has 1 N–H and O–H groups in total. The number of allylic oxidation sites excluding steroid dienone is 1. The van der Waals surface area contributed by atoms with Gasteiger partial charge in [0.1, 0.15) is 0 Å². The number of rotatable bonds is 0. The first-order valence-electron chi connectivity index (χ1n) is 2.44. The van der Waals surface area contributed by atoms with Crippen molar-refractivity contribution in [3.8, 4) is 0 Å². The summed E-state index contributed by atoms with van der Waals surface area (Å²) in [4.78, 5) is 0. The largest absolute Gasteiger partial charge is 0.384 e. The van der Waals surface area contributed by atoms with E-state index in [9.17, 15) is 8.78 Å². The van der Waals surface area contributed by atoms with E-state index >= 15 is 0 Å². The standard InChI is InChI=1S/C5H7F2N/c1-4-5(6,7)2-3-8-4/h8H,1-3H2. The second-order valence-electron chi connectivity index (χ2n) is 1.86. The van der Waals surface area contributed by atoms with Crippen LogP contribution < -0.4 is 5.32 Å². The average Bonchev–Trinajstić information content (AvgIpc) is 1.86. The molecule has 0 saturated carbocycles. The number of hydrogen-bond donors (Lipinski definition) is 1. The lowest BCUT2D eigenvalue weighted by molar-refractivity contribution is 0.0508. The highest BCUT2D eigenvalue weighted by atomic mass is 19.3. The zero-order valence-electron chi connectivity index (χ0n) is 4.38. The Hall–Kier alpha value is -0.600. The Labute approximate surface area is 46.4 Å². The summed E-state index contributed by atoms with van der Waals surface area (Å²) in [5, 5.41) is 2.47. The van der Waals surface area contributed by atoms with Crippen LogP contribution in [0.15, 0.2) is 12.3 Å². The zero-order valence-corrected chi connectivity index (χ0v) is 4.38.